The lowest BCUT2D eigenvalue weighted by atomic mass is 9.99. The van der Waals surface area contributed by atoms with Crippen molar-refractivity contribution in [2.24, 2.45) is 0 Å². The third kappa shape index (κ3) is 2.65. The Kier molecular flexibility index (Phi) is 3.80. The van der Waals surface area contributed by atoms with Gasteiger partial charge in [0.2, 0.25) is 0 Å². The van der Waals surface area contributed by atoms with Crippen molar-refractivity contribution < 1.29 is 14.6 Å². The Bertz CT molecular complexity index is 227. The van der Waals surface area contributed by atoms with E-state index >= 15 is 0 Å². The van der Waals surface area contributed by atoms with E-state index in [0.717, 1.165) is 19.3 Å². The minimum atomic E-state index is -0.835. The molecule has 0 aliphatic carbocycles. The SMILES string of the molecule is C=C(C[C@@H]1CCCCN1C(=O)O)OC. The number of nitrogens with zero attached hydrogens (tertiary/aromatic N) is 1. The van der Waals surface area contributed by atoms with Crippen LogP contribution >= 0.6 is 0 Å². The number of amides is 1. The van der Waals surface area contributed by atoms with Crippen molar-refractivity contribution >= 4 is 6.09 Å². The fourth-order valence-electron chi connectivity index (χ4n) is 1.81. The van der Waals surface area contributed by atoms with E-state index in [4.69, 9.17) is 9.84 Å². The maximum atomic E-state index is 10.9. The van der Waals surface area contributed by atoms with Crippen LogP contribution in [0.4, 0.5) is 4.79 Å². The van der Waals surface area contributed by atoms with Crippen molar-refractivity contribution in [3.8, 4) is 0 Å². The number of likely N-dealkylation sites (tertiary alicyclic amines) is 1. The fraction of sp³-hybridized carbons (Fsp3) is 0.700. The van der Waals surface area contributed by atoms with E-state index in [0.29, 0.717) is 18.7 Å². The Balaban J connectivity index is 2.54. The standard InChI is InChI=1S/C10H17NO3/c1-8(14-2)7-9-5-3-4-6-11(9)10(12)13/h9H,1,3-7H2,2H3,(H,12,13)/t9-/m0/s1. The lowest BCUT2D eigenvalue weighted by Gasteiger charge is -2.33. The van der Waals surface area contributed by atoms with Crippen LogP contribution in [0.1, 0.15) is 25.7 Å². The first kappa shape index (κ1) is 10.9. The molecule has 1 N–H and O–H groups in total. The summed E-state index contributed by atoms with van der Waals surface area (Å²) in [5.41, 5.74) is 0. The van der Waals surface area contributed by atoms with Crippen molar-refractivity contribution in [1.82, 2.24) is 4.90 Å². The molecule has 0 bridgehead atoms. The van der Waals surface area contributed by atoms with Gasteiger partial charge in [0, 0.05) is 19.0 Å². The zero-order valence-corrected chi connectivity index (χ0v) is 8.53. The van der Waals surface area contributed by atoms with Crippen LogP contribution in [0.5, 0.6) is 0 Å². The number of carboxylic acid groups (broad SMARTS) is 1. The van der Waals surface area contributed by atoms with E-state index < -0.39 is 6.09 Å². The maximum absolute atomic E-state index is 10.9. The molecule has 1 rings (SSSR count). The number of methoxy groups -OCH3 is 1. The number of rotatable bonds is 3. The highest BCUT2D eigenvalue weighted by Gasteiger charge is 2.26. The summed E-state index contributed by atoms with van der Waals surface area (Å²) in [6.07, 6.45) is 2.74. The van der Waals surface area contributed by atoms with Gasteiger partial charge < -0.3 is 14.7 Å². The fourth-order valence-corrected chi connectivity index (χ4v) is 1.81. The van der Waals surface area contributed by atoms with E-state index in [1.807, 2.05) is 0 Å². The minimum absolute atomic E-state index is 0.0497. The molecule has 0 spiro atoms. The van der Waals surface area contributed by atoms with E-state index in [2.05, 4.69) is 6.58 Å². The van der Waals surface area contributed by atoms with Crippen molar-refractivity contribution in [1.29, 1.82) is 0 Å². The lowest BCUT2D eigenvalue weighted by molar-refractivity contribution is 0.100. The van der Waals surface area contributed by atoms with E-state index in [1.165, 1.54) is 4.90 Å². The molecule has 0 unspecified atom stereocenters. The number of hydrogen-bond acceptors (Lipinski definition) is 2. The predicted molar refractivity (Wildman–Crippen MR) is 53.1 cm³/mol. The predicted octanol–water partition coefficient (Wildman–Crippen LogP) is 2.07. The quantitative estimate of drug-likeness (QED) is 0.708. The first-order valence-electron chi connectivity index (χ1n) is 4.86. The summed E-state index contributed by atoms with van der Waals surface area (Å²) in [6, 6.07) is 0.0497. The molecule has 1 aliphatic heterocycles. The van der Waals surface area contributed by atoms with Gasteiger partial charge in [0.05, 0.1) is 12.9 Å². The Hall–Kier alpha value is -1.19. The second-order valence-electron chi connectivity index (χ2n) is 3.57. The summed E-state index contributed by atoms with van der Waals surface area (Å²) < 4.78 is 4.97. The van der Waals surface area contributed by atoms with Gasteiger partial charge in [-0.3, -0.25) is 0 Å². The molecule has 4 heteroatoms. The van der Waals surface area contributed by atoms with Crippen LogP contribution in [0, 0.1) is 0 Å². The second kappa shape index (κ2) is 4.88. The molecule has 14 heavy (non-hydrogen) atoms. The van der Waals surface area contributed by atoms with Crippen molar-refractivity contribution in [2.75, 3.05) is 13.7 Å². The van der Waals surface area contributed by atoms with Crippen LogP contribution < -0.4 is 0 Å². The van der Waals surface area contributed by atoms with Gasteiger partial charge in [-0.1, -0.05) is 6.58 Å². The zero-order chi connectivity index (χ0) is 10.6. The molecule has 1 heterocycles. The molecule has 0 aromatic carbocycles. The summed E-state index contributed by atoms with van der Waals surface area (Å²) in [5, 5.41) is 8.95. The highest BCUT2D eigenvalue weighted by molar-refractivity contribution is 5.65. The average molecular weight is 199 g/mol. The van der Waals surface area contributed by atoms with Crippen LogP contribution in [0.25, 0.3) is 0 Å². The summed E-state index contributed by atoms with van der Waals surface area (Å²) >= 11 is 0. The van der Waals surface area contributed by atoms with Crippen LogP contribution in [0.3, 0.4) is 0 Å². The van der Waals surface area contributed by atoms with E-state index in [1.54, 1.807) is 7.11 Å². The third-order valence-electron chi connectivity index (χ3n) is 2.62. The molecule has 0 aromatic rings. The van der Waals surface area contributed by atoms with Gasteiger partial charge in [-0.2, -0.15) is 0 Å². The lowest BCUT2D eigenvalue weighted by Crippen LogP contribution is -2.43. The van der Waals surface area contributed by atoms with Gasteiger partial charge in [-0.25, -0.2) is 4.79 Å². The molecule has 0 saturated carbocycles. The molecular weight excluding hydrogens is 182 g/mol. The first-order chi connectivity index (χ1) is 6.65. The molecule has 1 fully saturated rings. The van der Waals surface area contributed by atoms with E-state index in [-0.39, 0.29) is 6.04 Å². The molecule has 0 aromatic heterocycles. The van der Waals surface area contributed by atoms with E-state index in [9.17, 15) is 4.79 Å². The molecule has 0 radical (unpaired) electrons. The smallest absolute Gasteiger partial charge is 0.407 e. The van der Waals surface area contributed by atoms with Crippen LogP contribution in [-0.2, 0) is 4.74 Å². The summed E-state index contributed by atoms with van der Waals surface area (Å²) in [4.78, 5) is 12.4. The van der Waals surface area contributed by atoms with Gasteiger partial charge in [0.15, 0.2) is 0 Å². The van der Waals surface area contributed by atoms with Crippen molar-refractivity contribution in [3.63, 3.8) is 0 Å². The molecule has 80 valence electrons. The largest absolute Gasteiger partial charge is 0.502 e. The molecular formula is C10H17NO3. The second-order valence-corrected chi connectivity index (χ2v) is 3.57. The van der Waals surface area contributed by atoms with Crippen molar-refractivity contribution in [3.05, 3.63) is 12.3 Å². The third-order valence-corrected chi connectivity index (χ3v) is 2.62. The average Bonchev–Trinajstić information content (AvgIpc) is 2.18. The van der Waals surface area contributed by atoms with Crippen LogP contribution in [0.15, 0.2) is 12.3 Å². The molecule has 1 saturated heterocycles. The van der Waals surface area contributed by atoms with Gasteiger partial charge in [0.1, 0.15) is 0 Å². The number of carbonyl (C=O) groups is 1. The van der Waals surface area contributed by atoms with Crippen LogP contribution in [0.2, 0.25) is 0 Å². The van der Waals surface area contributed by atoms with Crippen molar-refractivity contribution in [2.45, 2.75) is 31.7 Å². The zero-order valence-electron chi connectivity index (χ0n) is 8.53. The Morgan fingerprint density at radius 3 is 2.93 bits per heavy atom. The summed E-state index contributed by atoms with van der Waals surface area (Å²) in [5.74, 6) is 0.656. The number of piperidine rings is 1. The van der Waals surface area contributed by atoms with Gasteiger partial charge in [-0.05, 0) is 19.3 Å². The molecule has 1 atom stereocenters. The minimum Gasteiger partial charge on any atom is -0.502 e. The molecule has 1 amide bonds. The topological polar surface area (TPSA) is 49.8 Å². The molecule has 1 aliphatic rings. The monoisotopic (exact) mass is 199 g/mol. The number of ether oxygens (including phenoxy) is 1. The highest BCUT2D eigenvalue weighted by atomic mass is 16.5. The van der Waals surface area contributed by atoms with Gasteiger partial charge >= 0.3 is 6.09 Å². The Morgan fingerprint density at radius 1 is 1.64 bits per heavy atom. The highest BCUT2D eigenvalue weighted by Crippen LogP contribution is 2.22. The summed E-state index contributed by atoms with van der Waals surface area (Å²) in [6.45, 7) is 4.36. The Morgan fingerprint density at radius 2 is 2.36 bits per heavy atom. The normalized spacial score (nSPS) is 21.8. The Labute approximate surface area is 84.2 Å². The number of hydrogen-bond donors (Lipinski definition) is 1. The summed E-state index contributed by atoms with van der Waals surface area (Å²) in [7, 11) is 1.57. The van der Waals surface area contributed by atoms with Crippen LogP contribution in [-0.4, -0.2) is 35.8 Å². The maximum Gasteiger partial charge on any atom is 0.407 e. The van der Waals surface area contributed by atoms with Gasteiger partial charge in [-0.15, -0.1) is 0 Å². The first-order valence-corrected chi connectivity index (χ1v) is 4.86. The molecule has 4 nitrogen and oxygen atoms in total. The van der Waals surface area contributed by atoms with Gasteiger partial charge in [0.25, 0.3) is 0 Å².